The molecule has 0 unspecified atom stereocenters. The number of rotatable bonds is 6. The van der Waals surface area contributed by atoms with Crippen molar-refractivity contribution >= 4 is 11.9 Å². The van der Waals surface area contributed by atoms with Crippen LogP contribution in [-0.4, -0.2) is 42.5 Å². The minimum absolute atomic E-state index is 0.0195. The predicted octanol–water partition coefficient (Wildman–Crippen LogP) is 3.93. The summed E-state index contributed by atoms with van der Waals surface area (Å²) in [6.07, 6.45) is 0. The van der Waals surface area contributed by atoms with Crippen molar-refractivity contribution < 1.29 is 37.0 Å². The van der Waals surface area contributed by atoms with E-state index in [-0.39, 0.29) is 12.3 Å². The zero-order valence-corrected chi connectivity index (χ0v) is 16.7. The van der Waals surface area contributed by atoms with Crippen molar-refractivity contribution in [3.05, 3.63) is 65.1 Å². The lowest BCUT2D eigenvalue weighted by molar-refractivity contribution is 0.0549. The topological polar surface area (TPSA) is 79.7 Å². The third-order valence-corrected chi connectivity index (χ3v) is 4.32. The van der Waals surface area contributed by atoms with Gasteiger partial charge in [-0.1, -0.05) is 18.2 Å². The standard InChI is InChI=1S/C21H17F3N2O5/c1-4-31-13-10-12(22)16(23)17(24)14(13)18-15(20(27)29-2)19(21(28)30-3)26(25-18)11-8-6-5-7-9-11/h5-10H,4H2,1-3H3. The minimum Gasteiger partial charge on any atom is -0.493 e. The van der Waals surface area contributed by atoms with Crippen LogP contribution < -0.4 is 4.74 Å². The molecule has 0 amide bonds. The van der Waals surface area contributed by atoms with E-state index < -0.39 is 52.0 Å². The van der Waals surface area contributed by atoms with E-state index in [0.29, 0.717) is 11.8 Å². The molecule has 0 atom stereocenters. The van der Waals surface area contributed by atoms with E-state index in [1.165, 1.54) is 0 Å². The molecule has 1 aromatic heterocycles. The van der Waals surface area contributed by atoms with Gasteiger partial charge >= 0.3 is 11.9 Å². The molecule has 1 heterocycles. The zero-order valence-electron chi connectivity index (χ0n) is 16.7. The Hall–Kier alpha value is -3.82. The summed E-state index contributed by atoms with van der Waals surface area (Å²) in [5.74, 6) is -7.36. The van der Waals surface area contributed by atoms with Crippen molar-refractivity contribution in [3.8, 4) is 22.7 Å². The molecule has 3 rings (SSSR count). The number of benzene rings is 2. The molecule has 162 valence electrons. The molecule has 0 N–H and O–H groups in total. The number of hydrogen-bond acceptors (Lipinski definition) is 6. The molecule has 7 nitrogen and oxygen atoms in total. The second-order valence-corrected chi connectivity index (χ2v) is 6.10. The zero-order chi connectivity index (χ0) is 22.7. The number of hydrogen-bond donors (Lipinski definition) is 0. The number of para-hydroxylation sites is 1. The van der Waals surface area contributed by atoms with E-state index in [0.717, 1.165) is 18.9 Å². The molecule has 31 heavy (non-hydrogen) atoms. The van der Waals surface area contributed by atoms with Crippen LogP contribution in [0.1, 0.15) is 27.8 Å². The molecule has 2 aromatic carbocycles. The molecule has 0 saturated carbocycles. The van der Waals surface area contributed by atoms with E-state index in [4.69, 9.17) is 14.2 Å². The van der Waals surface area contributed by atoms with Gasteiger partial charge in [0.2, 0.25) is 0 Å². The van der Waals surface area contributed by atoms with Gasteiger partial charge in [0.05, 0.1) is 32.1 Å². The van der Waals surface area contributed by atoms with Gasteiger partial charge in [0.25, 0.3) is 0 Å². The second kappa shape index (κ2) is 8.90. The Morgan fingerprint density at radius 1 is 1.00 bits per heavy atom. The van der Waals surface area contributed by atoms with E-state index in [1.54, 1.807) is 37.3 Å². The molecule has 0 aliphatic heterocycles. The fraction of sp³-hybridized carbons (Fsp3) is 0.190. The Bertz CT molecular complexity index is 1150. The smallest absolute Gasteiger partial charge is 0.357 e. The van der Waals surface area contributed by atoms with Crippen LogP contribution in [0.3, 0.4) is 0 Å². The van der Waals surface area contributed by atoms with E-state index in [1.807, 2.05) is 0 Å². The Morgan fingerprint density at radius 2 is 1.65 bits per heavy atom. The summed E-state index contributed by atoms with van der Waals surface area (Å²) in [5.41, 5.74) is -1.68. The lowest BCUT2D eigenvalue weighted by atomic mass is 10.0. The van der Waals surface area contributed by atoms with Gasteiger partial charge in [-0.25, -0.2) is 27.4 Å². The summed E-state index contributed by atoms with van der Waals surface area (Å²) < 4.78 is 58.6. The van der Waals surface area contributed by atoms with Gasteiger partial charge in [0.15, 0.2) is 23.1 Å². The number of esters is 2. The van der Waals surface area contributed by atoms with Gasteiger partial charge in [-0.05, 0) is 19.1 Å². The van der Waals surface area contributed by atoms with Crippen LogP contribution in [0.25, 0.3) is 16.9 Å². The van der Waals surface area contributed by atoms with Crippen molar-refractivity contribution in [1.82, 2.24) is 9.78 Å². The number of ether oxygens (including phenoxy) is 3. The Morgan fingerprint density at radius 3 is 2.23 bits per heavy atom. The Labute approximate surface area is 175 Å². The van der Waals surface area contributed by atoms with Gasteiger partial charge in [-0.2, -0.15) is 5.10 Å². The number of aromatic nitrogens is 2. The molecule has 0 radical (unpaired) electrons. The van der Waals surface area contributed by atoms with E-state index >= 15 is 0 Å². The fourth-order valence-electron chi connectivity index (χ4n) is 2.99. The van der Waals surface area contributed by atoms with E-state index in [2.05, 4.69) is 5.10 Å². The summed E-state index contributed by atoms with van der Waals surface area (Å²) in [7, 11) is 2.12. The third kappa shape index (κ3) is 3.83. The van der Waals surface area contributed by atoms with Crippen molar-refractivity contribution in [1.29, 1.82) is 0 Å². The third-order valence-electron chi connectivity index (χ3n) is 4.32. The van der Waals surface area contributed by atoms with Crippen LogP contribution in [0.15, 0.2) is 36.4 Å². The maximum absolute atomic E-state index is 14.9. The highest BCUT2D eigenvalue weighted by Crippen LogP contribution is 2.38. The largest absolute Gasteiger partial charge is 0.493 e. The highest BCUT2D eigenvalue weighted by Gasteiger charge is 2.35. The molecule has 3 aromatic rings. The van der Waals surface area contributed by atoms with Crippen molar-refractivity contribution in [2.24, 2.45) is 0 Å². The maximum Gasteiger partial charge on any atom is 0.357 e. The van der Waals surface area contributed by atoms with Gasteiger partial charge in [0.1, 0.15) is 17.0 Å². The molecular weight excluding hydrogens is 417 g/mol. The highest BCUT2D eigenvalue weighted by molar-refractivity contribution is 6.07. The van der Waals surface area contributed by atoms with Crippen molar-refractivity contribution in [3.63, 3.8) is 0 Å². The Balaban J connectivity index is 2.47. The van der Waals surface area contributed by atoms with E-state index in [9.17, 15) is 22.8 Å². The second-order valence-electron chi connectivity index (χ2n) is 6.10. The molecule has 0 saturated heterocycles. The number of carbonyl (C=O) groups is 2. The van der Waals surface area contributed by atoms with Crippen LogP contribution in [0.5, 0.6) is 5.75 Å². The molecule has 10 heteroatoms. The lowest BCUT2D eigenvalue weighted by Crippen LogP contribution is -2.15. The summed E-state index contributed by atoms with van der Waals surface area (Å²) >= 11 is 0. The van der Waals surface area contributed by atoms with Crippen molar-refractivity contribution in [2.75, 3.05) is 20.8 Å². The summed E-state index contributed by atoms with van der Waals surface area (Å²) in [6.45, 7) is 1.53. The first-order chi connectivity index (χ1) is 14.8. The first-order valence-corrected chi connectivity index (χ1v) is 9.01. The van der Waals surface area contributed by atoms with Gasteiger partial charge in [-0.15, -0.1) is 0 Å². The lowest BCUT2D eigenvalue weighted by Gasteiger charge is -2.12. The number of halogens is 3. The molecular formula is C21H17F3N2O5. The number of nitrogens with zero attached hydrogens (tertiary/aromatic N) is 2. The summed E-state index contributed by atoms with van der Waals surface area (Å²) in [5, 5.41) is 4.17. The van der Waals surface area contributed by atoms with Crippen LogP contribution in [0.4, 0.5) is 13.2 Å². The van der Waals surface area contributed by atoms with Gasteiger partial charge in [0, 0.05) is 6.07 Å². The monoisotopic (exact) mass is 434 g/mol. The van der Waals surface area contributed by atoms with Crippen LogP contribution in [0, 0.1) is 17.5 Å². The maximum atomic E-state index is 14.9. The normalized spacial score (nSPS) is 10.6. The molecule has 0 aliphatic rings. The van der Waals surface area contributed by atoms with Gasteiger partial charge < -0.3 is 14.2 Å². The average molecular weight is 434 g/mol. The first-order valence-electron chi connectivity index (χ1n) is 9.01. The Kier molecular flexibility index (Phi) is 6.28. The summed E-state index contributed by atoms with van der Waals surface area (Å²) in [4.78, 5) is 25.2. The number of methoxy groups -OCH3 is 2. The quantitative estimate of drug-likeness (QED) is 0.432. The van der Waals surface area contributed by atoms with Gasteiger partial charge in [-0.3, -0.25) is 0 Å². The van der Waals surface area contributed by atoms with Crippen LogP contribution in [-0.2, 0) is 9.47 Å². The molecule has 0 fully saturated rings. The average Bonchev–Trinajstić information content (AvgIpc) is 3.17. The fourth-order valence-corrected chi connectivity index (χ4v) is 2.99. The highest BCUT2D eigenvalue weighted by atomic mass is 19.2. The molecule has 0 bridgehead atoms. The van der Waals surface area contributed by atoms with Crippen LogP contribution in [0.2, 0.25) is 0 Å². The summed E-state index contributed by atoms with van der Waals surface area (Å²) in [6, 6.07) is 8.75. The minimum atomic E-state index is -1.79. The predicted molar refractivity (Wildman–Crippen MR) is 103 cm³/mol. The van der Waals surface area contributed by atoms with Crippen LogP contribution >= 0.6 is 0 Å². The van der Waals surface area contributed by atoms with Crippen molar-refractivity contribution in [2.45, 2.75) is 6.92 Å². The SMILES string of the molecule is CCOc1cc(F)c(F)c(F)c1-c1nn(-c2ccccc2)c(C(=O)OC)c1C(=O)OC. The number of carbonyl (C=O) groups excluding carboxylic acids is 2. The molecule has 0 aliphatic carbocycles. The first kappa shape index (κ1) is 21.9. The molecule has 0 spiro atoms.